The largest absolute Gasteiger partial charge is 0.573 e. The lowest BCUT2D eigenvalue weighted by atomic mass is 10.1. The summed E-state index contributed by atoms with van der Waals surface area (Å²) in [4.78, 5) is 18.1. The van der Waals surface area contributed by atoms with E-state index in [0.717, 1.165) is 0 Å². The highest BCUT2D eigenvalue weighted by Gasteiger charge is 2.36. The molecule has 1 N–H and O–H groups in total. The second-order valence-corrected chi connectivity index (χ2v) is 7.26. The fraction of sp³-hybridized carbons (Fsp3) is 0.0800. The van der Waals surface area contributed by atoms with Crippen molar-refractivity contribution in [1.82, 2.24) is 0 Å². The molecule has 1 aliphatic heterocycles. The summed E-state index contributed by atoms with van der Waals surface area (Å²) in [6.07, 6.45) is -3.24. The molecule has 1 atom stereocenters. The number of carbonyl (C=O) groups excluding carboxylic acids is 1. The molecule has 0 aromatic heterocycles. The van der Waals surface area contributed by atoms with Crippen molar-refractivity contribution in [3.63, 3.8) is 0 Å². The predicted molar refractivity (Wildman–Crippen MR) is 119 cm³/mol. The molecule has 3 aromatic rings. The van der Waals surface area contributed by atoms with Crippen LogP contribution in [-0.2, 0) is 4.79 Å². The van der Waals surface area contributed by atoms with Gasteiger partial charge in [-0.3, -0.25) is 9.69 Å². The summed E-state index contributed by atoms with van der Waals surface area (Å²) in [6.45, 7) is 7.12. The van der Waals surface area contributed by atoms with Gasteiger partial charge in [0.15, 0.2) is 5.69 Å². The van der Waals surface area contributed by atoms with E-state index >= 15 is 0 Å². The number of rotatable bonds is 5. The highest BCUT2D eigenvalue weighted by atomic mass is 19.4. The number of nitriles is 1. The first kappa shape index (κ1) is 22.4. The molecule has 9 heteroatoms. The van der Waals surface area contributed by atoms with Gasteiger partial charge in [0.1, 0.15) is 11.4 Å². The minimum absolute atomic E-state index is 0.214. The van der Waals surface area contributed by atoms with Crippen molar-refractivity contribution in [3.8, 4) is 11.8 Å². The SMILES string of the molecule is [C-]#[N+]c1ccc(N2C(=O)C(Nc3ccc(C#N)cc3)=CC2c2cccc(OC(F)(F)F)c2)cc1. The van der Waals surface area contributed by atoms with Gasteiger partial charge in [0.05, 0.1) is 24.2 Å². The number of hydrogen-bond donors (Lipinski definition) is 1. The summed E-state index contributed by atoms with van der Waals surface area (Å²) in [7, 11) is 0. The summed E-state index contributed by atoms with van der Waals surface area (Å²) < 4.78 is 42.2. The molecule has 0 spiro atoms. The number of nitrogens with one attached hydrogen (secondary N) is 1. The van der Waals surface area contributed by atoms with Crippen LogP contribution >= 0.6 is 0 Å². The van der Waals surface area contributed by atoms with E-state index in [1.807, 2.05) is 6.07 Å². The quantitative estimate of drug-likeness (QED) is 0.468. The molecule has 0 saturated heterocycles. The Morgan fingerprint density at radius 2 is 1.76 bits per heavy atom. The van der Waals surface area contributed by atoms with E-state index in [-0.39, 0.29) is 5.70 Å². The molecule has 0 radical (unpaired) electrons. The van der Waals surface area contributed by atoms with Crippen molar-refractivity contribution in [2.24, 2.45) is 0 Å². The minimum atomic E-state index is -4.85. The van der Waals surface area contributed by atoms with Gasteiger partial charge in [-0.25, -0.2) is 4.85 Å². The Kier molecular flexibility index (Phi) is 5.94. The maximum Gasteiger partial charge on any atom is 0.573 e. The number of amides is 1. The second-order valence-electron chi connectivity index (χ2n) is 7.26. The highest BCUT2D eigenvalue weighted by molar-refractivity contribution is 6.11. The van der Waals surface area contributed by atoms with Crippen LogP contribution in [0.3, 0.4) is 0 Å². The molecule has 1 amide bonds. The zero-order valence-corrected chi connectivity index (χ0v) is 17.4. The van der Waals surface area contributed by atoms with E-state index in [4.69, 9.17) is 11.8 Å². The molecule has 1 heterocycles. The van der Waals surface area contributed by atoms with Gasteiger partial charge in [-0.15, -0.1) is 13.2 Å². The summed E-state index contributed by atoms with van der Waals surface area (Å²) in [5, 5.41) is 12.0. The van der Waals surface area contributed by atoms with E-state index in [2.05, 4.69) is 14.9 Å². The van der Waals surface area contributed by atoms with Crippen LogP contribution in [0.4, 0.5) is 30.2 Å². The molecule has 6 nitrogen and oxygen atoms in total. The van der Waals surface area contributed by atoms with Crippen LogP contribution in [0.15, 0.2) is 84.6 Å². The van der Waals surface area contributed by atoms with Crippen LogP contribution in [0.1, 0.15) is 17.2 Å². The van der Waals surface area contributed by atoms with E-state index < -0.39 is 24.1 Å². The molecule has 1 aliphatic rings. The van der Waals surface area contributed by atoms with Gasteiger partial charge < -0.3 is 10.1 Å². The summed E-state index contributed by atoms with van der Waals surface area (Å²) in [6, 6.07) is 19.5. The van der Waals surface area contributed by atoms with Crippen LogP contribution in [0.5, 0.6) is 5.75 Å². The molecule has 0 saturated carbocycles. The maximum absolute atomic E-state index is 13.4. The number of hydrogen-bond acceptors (Lipinski definition) is 4. The molecule has 0 bridgehead atoms. The number of anilines is 2. The Labute approximate surface area is 192 Å². The zero-order chi connectivity index (χ0) is 24.3. The molecule has 3 aromatic carbocycles. The smallest absolute Gasteiger partial charge is 0.406 e. The first-order valence-corrected chi connectivity index (χ1v) is 9.93. The van der Waals surface area contributed by atoms with Gasteiger partial charge in [-0.05, 0) is 60.2 Å². The maximum atomic E-state index is 13.4. The summed E-state index contributed by atoms with van der Waals surface area (Å²) >= 11 is 0. The van der Waals surface area contributed by atoms with Crippen LogP contribution in [-0.4, -0.2) is 12.3 Å². The molecule has 168 valence electrons. The Balaban J connectivity index is 1.72. The Hall–Kier alpha value is -4.76. The van der Waals surface area contributed by atoms with Gasteiger partial charge in [-0.2, -0.15) is 5.26 Å². The number of halogens is 3. The third-order valence-electron chi connectivity index (χ3n) is 5.04. The third-order valence-corrected chi connectivity index (χ3v) is 5.04. The highest BCUT2D eigenvalue weighted by Crippen LogP contribution is 2.38. The van der Waals surface area contributed by atoms with E-state index in [9.17, 15) is 18.0 Å². The lowest BCUT2D eigenvalue weighted by Crippen LogP contribution is -2.30. The lowest BCUT2D eigenvalue weighted by Gasteiger charge is -2.26. The van der Waals surface area contributed by atoms with Crippen molar-refractivity contribution in [1.29, 1.82) is 5.26 Å². The topological polar surface area (TPSA) is 69.7 Å². The Morgan fingerprint density at radius 1 is 1.06 bits per heavy atom. The summed E-state index contributed by atoms with van der Waals surface area (Å²) in [5.74, 6) is -0.810. The average Bonchev–Trinajstić information content (AvgIpc) is 3.14. The molecule has 4 rings (SSSR count). The minimum Gasteiger partial charge on any atom is -0.406 e. The summed E-state index contributed by atoms with van der Waals surface area (Å²) in [5.41, 5.74) is 2.50. The van der Waals surface area contributed by atoms with Crippen molar-refractivity contribution < 1.29 is 22.7 Å². The van der Waals surface area contributed by atoms with Gasteiger partial charge in [0.2, 0.25) is 0 Å². The van der Waals surface area contributed by atoms with Crippen LogP contribution < -0.4 is 15.0 Å². The number of carbonyl (C=O) groups is 1. The molecule has 1 unspecified atom stereocenters. The zero-order valence-electron chi connectivity index (χ0n) is 17.4. The van der Waals surface area contributed by atoms with Gasteiger partial charge in [0, 0.05) is 11.4 Å². The standard InChI is InChI=1S/C25H15F3N4O2/c1-30-18-9-11-20(12-10-18)32-23(17-3-2-4-21(13-17)34-25(26,27)28)14-22(24(32)33)31-19-7-5-16(15-29)6-8-19/h2-14,23,31H. The van der Waals surface area contributed by atoms with Gasteiger partial charge in [-0.1, -0.05) is 24.3 Å². The second kappa shape index (κ2) is 9.00. The monoisotopic (exact) mass is 460 g/mol. The number of nitrogens with zero attached hydrogens (tertiary/aromatic N) is 3. The van der Waals surface area contributed by atoms with Gasteiger partial charge >= 0.3 is 6.36 Å². The number of benzene rings is 3. The molecule has 0 fully saturated rings. The van der Waals surface area contributed by atoms with E-state index in [1.165, 1.54) is 23.1 Å². The van der Waals surface area contributed by atoms with Crippen molar-refractivity contribution in [2.75, 3.05) is 10.2 Å². The first-order valence-electron chi connectivity index (χ1n) is 9.93. The Bertz CT molecular complexity index is 1330. The first-order chi connectivity index (χ1) is 16.3. The Morgan fingerprint density at radius 3 is 2.38 bits per heavy atom. The fourth-order valence-corrected chi connectivity index (χ4v) is 3.55. The fourth-order valence-electron chi connectivity index (χ4n) is 3.55. The molecule has 34 heavy (non-hydrogen) atoms. The van der Waals surface area contributed by atoms with Crippen LogP contribution in [0, 0.1) is 17.9 Å². The average molecular weight is 460 g/mol. The number of ether oxygens (including phenoxy) is 1. The van der Waals surface area contributed by atoms with E-state index in [0.29, 0.717) is 28.2 Å². The van der Waals surface area contributed by atoms with Crippen molar-refractivity contribution in [3.05, 3.63) is 107 Å². The normalized spacial score (nSPS) is 15.3. The number of alkyl halides is 3. The molecular formula is C25H15F3N4O2. The van der Waals surface area contributed by atoms with Gasteiger partial charge in [0.25, 0.3) is 5.91 Å². The van der Waals surface area contributed by atoms with Crippen molar-refractivity contribution >= 4 is 23.0 Å². The van der Waals surface area contributed by atoms with Crippen molar-refractivity contribution in [2.45, 2.75) is 12.4 Å². The van der Waals surface area contributed by atoms with E-state index in [1.54, 1.807) is 60.7 Å². The predicted octanol–water partition coefficient (Wildman–Crippen LogP) is 6.09. The third kappa shape index (κ3) is 4.84. The van der Waals surface area contributed by atoms with Crippen LogP contribution in [0.25, 0.3) is 4.85 Å². The molecule has 0 aliphatic carbocycles. The lowest BCUT2D eigenvalue weighted by molar-refractivity contribution is -0.274. The molecular weight excluding hydrogens is 445 g/mol. The van der Waals surface area contributed by atoms with Crippen LogP contribution in [0.2, 0.25) is 0 Å².